The lowest BCUT2D eigenvalue weighted by Gasteiger charge is -2.23. The maximum Gasteiger partial charge on any atom is 0.0758 e. The quantitative estimate of drug-likeness (QED) is 0.596. The van der Waals surface area contributed by atoms with Gasteiger partial charge in [-0.3, -0.25) is 0 Å². The molecule has 0 bridgehead atoms. The molecular weight excluding hydrogens is 374 g/mol. The van der Waals surface area contributed by atoms with E-state index in [1.165, 1.54) is 26.0 Å². The lowest BCUT2D eigenvalue weighted by Crippen LogP contribution is -2.23. The van der Waals surface area contributed by atoms with Crippen LogP contribution in [0.1, 0.15) is 52.1 Å². The summed E-state index contributed by atoms with van der Waals surface area (Å²) in [5, 5.41) is 3.61. The van der Waals surface area contributed by atoms with Crippen molar-refractivity contribution in [1.29, 1.82) is 0 Å². The Hall–Kier alpha value is 0.620. The fraction of sp³-hybridized carbons (Fsp3) is 0.714. The predicted molar refractivity (Wildman–Crippen MR) is 89.4 cm³/mol. The van der Waals surface area contributed by atoms with Crippen LogP contribution < -0.4 is 5.32 Å². The van der Waals surface area contributed by atoms with Gasteiger partial charge in [-0.05, 0) is 74.7 Å². The molecule has 1 N–H and O–H groups in total. The Balaban J connectivity index is 2.73. The molecule has 2 atom stereocenters. The van der Waals surface area contributed by atoms with Crippen LogP contribution >= 0.6 is 43.2 Å². The third-order valence-corrected chi connectivity index (χ3v) is 5.41. The summed E-state index contributed by atoms with van der Waals surface area (Å²) in [6.07, 6.45) is 2.50. The third kappa shape index (κ3) is 5.32. The highest BCUT2D eigenvalue weighted by molar-refractivity contribution is 9.12. The van der Waals surface area contributed by atoms with E-state index in [-0.39, 0.29) is 0 Å². The maximum atomic E-state index is 3.68. The molecule has 0 saturated heterocycles. The second-order valence-corrected chi connectivity index (χ2v) is 9.11. The van der Waals surface area contributed by atoms with Gasteiger partial charge in [0.25, 0.3) is 0 Å². The molecular formula is C14H23Br2NS. The molecule has 0 aliphatic carbocycles. The van der Waals surface area contributed by atoms with Crippen LogP contribution in [0.4, 0.5) is 0 Å². The summed E-state index contributed by atoms with van der Waals surface area (Å²) >= 11 is 9.00. The average molecular weight is 397 g/mol. The molecule has 0 saturated carbocycles. The van der Waals surface area contributed by atoms with Gasteiger partial charge >= 0.3 is 0 Å². The molecule has 0 aromatic carbocycles. The van der Waals surface area contributed by atoms with Gasteiger partial charge in [0.05, 0.1) is 7.57 Å². The number of hydrogen-bond acceptors (Lipinski definition) is 2. The van der Waals surface area contributed by atoms with Gasteiger partial charge in [0.1, 0.15) is 0 Å². The largest absolute Gasteiger partial charge is 0.310 e. The molecule has 1 aromatic rings. The van der Waals surface area contributed by atoms with Gasteiger partial charge in [-0.1, -0.05) is 27.7 Å². The summed E-state index contributed by atoms with van der Waals surface area (Å²) in [5.41, 5.74) is 1.39. The number of halogens is 2. The SMILES string of the molecule is CCNC(CC(C)CC(C)C)c1cc(Br)sc1Br. The van der Waals surface area contributed by atoms with Gasteiger partial charge in [-0.2, -0.15) is 0 Å². The van der Waals surface area contributed by atoms with Crippen molar-refractivity contribution in [3.8, 4) is 0 Å². The molecule has 4 heteroatoms. The summed E-state index contributed by atoms with van der Waals surface area (Å²) in [4.78, 5) is 0. The van der Waals surface area contributed by atoms with E-state index in [9.17, 15) is 0 Å². The first-order chi connectivity index (χ1) is 8.43. The summed E-state index contributed by atoms with van der Waals surface area (Å²) in [7, 11) is 0. The van der Waals surface area contributed by atoms with Crippen LogP contribution in [0.5, 0.6) is 0 Å². The average Bonchev–Trinajstić information content (AvgIpc) is 2.56. The van der Waals surface area contributed by atoms with Crippen LogP contribution in [0.3, 0.4) is 0 Å². The monoisotopic (exact) mass is 395 g/mol. The molecule has 1 aromatic heterocycles. The Morgan fingerprint density at radius 3 is 2.33 bits per heavy atom. The topological polar surface area (TPSA) is 12.0 Å². The third-order valence-electron chi connectivity index (χ3n) is 3.02. The molecule has 1 rings (SSSR count). The first kappa shape index (κ1) is 16.7. The van der Waals surface area contributed by atoms with Crippen LogP contribution in [0.25, 0.3) is 0 Å². The lowest BCUT2D eigenvalue weighted by molar-refractivity contribution is 0.359. The molecule has 1 nitrogen and oxygen atoms in total. The molecule has 0 spiro atoms. The normalized spacial score (nSPS) is 15.1. The van der Waals surface area contributed by atoms with E-state index in [2.05, 4.69) is 70.9 Å². The highest BCUT2D eigenvalue weighted by Gasteiger charge is 2.19. The zero-order valence-electron chi connectivity index (χ0n) is 11.6. The zero-order valence-corrected chi connectivity index (χ0v) is 15.6. The molecule has 0 aliphatic rings. The van der Waals surface area contributed by atoms with Crippen LogP contribution in [-0.4, -0.2) is 6.54 Å². The van der Waals surface area contributed by atoms with E-state index in [1.54, 1.807) is 11.3 Å². The van der Waals surface area contributed by atoms with E-state index in [4.69, 9.17) is 0 Å². The van der Waals surface area contributed by atoms with Crippen molar-refractivity contribution in [2.45, 2.75) is 46.6 Å². The number of rotatable bonds is 7. The minimum Gasteiger partial charge on any atom is -0.310 e. The van der Waals surface area contributed by atoms with Gasteiger partial charge in [-0.15, -0.1) is 11.3 Å². The molecule has 0 amide bonds. The van der Waals surface area contributed by atoms with Gasteiger partial charge < -0.3 is 5.32 Å². The summed E-state index contributed by atoms with van der Waals surface area (Å²) in [6.45, 7) is 10.2. The van der Waals surface area contributed by atoms with Crippen molar-refractivity contribution in [3.05, 3.63) is 19.2 Å². The predicted octanol–water partition coefficient (Wildman–Crippen LogP) is 6.00. The fourth-order valence-corrected chi connectivity index (χ4v) is 5.43. The van der Waals surface area contributed by atoms with E-state index >= 15 is 0 Å². The molecule has 0 aliphatic heterocycles. The van der Waals surface area contributed by atoms with E-state index < -0.39 is 0 Å². The van der Waals surface area contributed by atoms with Crippen LogP contribution in [0.2, 0.25) is 0 Å². The van der Waals surface area contributed by atoms with Crippen molar-refractivity contribution in [2.75, 3.05) is 6.54 Å². The van der Waals surface area contributed by atoms with Crippen LogP contribution in [0, 0.1) is 11.8 Å². The number of thiophene rings is 1. The first-order valence-corrected chi connectivity index (χ1v) is 9.02. The van der Waals surface area contributed by atoms with Crippen molar-refractivity contribution < 1.29 is 0 Å². The Bertz CT molecular complexity index is 363. The van der Waals surface area contributed by atoms with E-state index in [1.807, 2.05) is 0 Å². The molecule has 18 heavy (non-hydrogen) atoms. The van der Waals surface area contributed by atoms with Crippen molar-refractivity contribution in [3.63, 3.8) is 0 Å². The molecule has 2 unspecified atom stereocenters. The van der Waals surface area contributed by atoms with Gasteiger partial charge in [-0.25, -0.2) is 0 Å². The molecule has 104 valence electrons. The second-order valence-electron chi connectivity index (χ2n) is 5.36. The second kappa shape index (κ2) is 8.03. The van der Waals surface area contributed by atoms with Crippen molar-refractivity contribution in [2.24, 2.45) is 11.8 Å². The van der Waals surface area contributed by atoms with Gasteiger partial charge in [0.2, 0.25) is 0 Å². The minimum absolute atomic E-state index is 0.459. The van der Waals surface area contributed by atoms with Crippen LogP contribution in [0.15, 0.2) is 13.6 Å². The van der Waals surface area contributed by atoms with Gasteiger partial charge in [0, 0.05) is 6.04 Å². The fourth-order valence-electron chi connectivity index (χ4n) is 2.46. The first-order valence-electron chi connectivity index (χ1n) is 6.62. The minimum atomic E-state index is 0.459. The lowest BCUT2D eigenvalue weighted by atomic mass is 9.91. The van der Waals surface area contributed by atoms with Crippen LogP contribution in [-0.2, 0) is 0 Å². The van der Waals surface area contributed by atoms with E-state index in [0.29, 0.717) is 6.04 Å². The molecule has 0 fully saturated rings. The Morgan fingerprint density at radius 1 is 1.22 bits per heavy atom. The smallest absolute Gasteiger partial charge is 0.0758 e. The van der Waals surface area contributed by atoms with Crippen molar-refractivity contribution >= 4 is 43.2 Å². The maximum absolute atomic E-state index is 3.68. The number of nitrogens with one attached hydrogen (secondary N) is 1. The molecule has 0 radical (unpaired) electrons. The summed E-state index contributed by atoms with van der Waals surface area (Å²) in [6, 6.07) is 2.70. The zero-order chi connectivity index (χ0) is 13.7. The molecule has 1 heterocycles. The number of hydrogen-bond donors (Lipinski definition) is 1. The highest BCUT2D eigenvalue weighted by atomic mass is 79.9. The Labute approximate surface area is 132 Å². The standard InChI is InChI=1S/C14H23Br2NS/c1-5-17-12(7-10(4)6-9(2)3)11-8-13(15)18-14(11)16/h8-10,12,17H,5-7H2,1-4H3. The highest BCUT2D eigenvalue weighted by Crippen LogP contribution is 2.38. The Kier molecular flexibility index (Phi) is 7.44. The van der Waals surface area contributed by atoms with Crippen molar-refractivity contribution in [1.82, 2.24) is 5.32 Å². The van der Waals surface area contributed by atoms with Gasteiger partial charge in [0.15, 0.2) is 0 Å². The van der Waals surface area contributed by atoms with E-state index in [0.717, 1.165) is 18.4 Å². The Morgan fingerprint density at radius 2 is 1.89 bits per heavy atom. The summed E-state index contributed by atoms with van der Waals surface area (Å²) < 4.78 is 2.45. The summed E-state index contributed by atoms with van der Waals surface area (Å²) in [5.74, 6) is 1.53.